The van der Waals surface area contributed by atoms with Crippen molar-refractivity contribution in [3.05, 3.63) is 192 Å². The molecule has 9 aromatic rings. The van der Waals surface area contributed by atoms with Gasteiger partial charge in [-0.25, -0.2) is 0 Å². The predicted molar refractivity (Wildman–Crippen MR) is 216 cm³/mol. The third-order valence-corrected chi connectivity index (χ3v) is 11.6. The normalized spacial score (nSPS) is 12.8. The van der Waals surface area contributed by atoms with E-state index >= 15 is 0 Å². The zero-order valence-electron chi connectivity index (χ0n) is 27.5. The van der Waals surface area contributed by atoms with Crippen LogP contribution in [0.25, 0.3) is 59.1 Å². The van der Waals surface area contributed by atoms with Crippen molar-refractivity contribution in [1.29, 1.82) is 0 Å². The van der Waals surface area contributed by atoms with Gasteiger partial charge in [-0.15, -0.1) is 11.3 Å². The summed E-state index contributed by atoms with van der Waals surface area (Å²) in [7, 11) is 0. The SMILES string of the molecule is C1=C(c2ccc(N(c3ccccc3)c3ccc(-c4ccc5c6ccccc6c6ccccc6c5c4)cc3)cc2)c2sc3ccccc3c2CC1. The number of benzene rings is 8. The van der Waals surface area contributed by atoms with Crippen LogP contribution in [0.5, 0.6) is 0 Å². The van der Waals surface area contributed by atoms with Crippen LogP contribution >= 0.6 is 11.3 Å². The van der Waals surface area contributed by atoms with E-state index in [0.29, 0.717) is 0 Å². The van der Waals surface area contributed by atoms with Gasteiger partial charge in [0.2, 0.25) is 0 Å². The standard InChI is InChI=1S/C48H33NS/c1-2-11-35(12-3-1)49(37-28-23-33(24-29-37)38-18-10-19-45-44-17-8-9-20-47(44)50-48(38)45)36-26-21-32(22-27-36)34-25-30-43-41-15-5-4-13-39(41)40-14-6-7-16-42(40)46(43)31-34/h1-9,11-18,20-31H,10,19H2. The van der Waals surface area contributed by atoms with Crippen molar-refractivity contribution in [2.45, 2.75) is 12.8 Å². The van der Waals surface area contributed by atoms with Crippen LogP contribution in [0.3, 0.4) is 0 Å². The highest BCUT2D eigenvalue weighted by molar-refractivity contribution is 7.20. The van der Waals surface area contributed by atoms with Crippen molar-refractivity contribution < 1.29 is 0 Å². The van der Waals surface area contributed by atoms with Gasteiger partial charge in [0, 0.05) is 26.6 Å². The number of aryl methyl sites for hydroxylation is 1. The summed E-state index contributed by atoms with van der Waals surface area (Å²) in [5.41, 5.74) is 10.00. The summed E-state index contributed by atoms with van der Waals surface area (Å²) < 4.78 is 1.38. The van der Waals surface area contributed by atoms with E-state index in [0.717, 1.165) is 29.9 Å². The van der Waals surface area contributed by atoms with Gasteiger partial charge < -0.3 is 4.90 Å². The van der Waals surface area contributed by atoms with Crippen molar-refractivity contribution in [3.63, 3.8) is 0 Å². The van der Waals surface area contributed by atoms with Crippen LogP contribution in [0.2, 0.25) is 0 Å². The molecule has 8 aromatic carbocycles. The molecule has 0 saturated heterocycles. The quantitative estimate of drug-likeness (QED) is 0.167. The summed E-state index contributed by atoms with van der Waals surface area (Å²) in [5, 5.41) is 9.22. The summed E-state index contributed by atoms with van der Waals surface area (Å²) in [6.07, 6.45) is 4.63. The Labute approximate surface area is 296 Å². The number of hydrogen-bond acceptors (Lipinski definition) is 2. The lowest BCUT2D eigenvalue weighted by molar-refractivity contribution is 0.998. The van der Waals surface area contributed by atoms with Gasteiger partial charge >= 0.3 is 0 Å². The minimum absolute atomic E-state index is 1.08. The van der Waals surface area contributed by atoms with Crippen LogP contribution in [0, 0.1) is 0 Å². The van der Waals surface area contributed by atoms with Crippen molar-refractivity contribution >= 4 is 76.4 Å². The molecular formula is C48H33NS. The van der Waals surface area contributed by atoms with Crippen LogP contribution in [0.1, 0.15) is 22.4 Å². The van der Waals surface area contributed by atoms with Gasteiger partial charge in [-0.1, -0.05) is 127 Å². The van der Waals surface area contributed by atoms with E-state index < -0.39 is 0 Å². The average Bonchev–Trinajstić information content (AvgIpc) is 3.58. The lowest BCUT2D eigenvalue weighted by Gasteiger charge is -2.26. The molecule has 1 aromatic heterocycles. The Hall–Kier alpha value is -5.96. The average molecular weight is 656 g/mol. The van der Waals surface area contributed by atoms with Gasteiger partial charge in [0.25, 0.3) is 0 Å². The van der Waals surface area contributed by atoms with Gasteiger partial charge in [0.1, 0.15) is 0 Å². The molecule has 0 spiro atoms. The van der Waals surface area contributed by atoms with Gasteiger partial charge in [0.05, 0.1) is 0 Å². The fraction of sp³-hybridized carbons (Fsp3) is 0.0417. The Bertz CT molecular complexity index is 2700. The minimum atomic E-state index is 1.08. The Balaban J connectivity index is 1.02. The molecule has 0 saturated carbocycles. The fourth-order valence-electron chi connectivity index (χ4n) is 7.97. The topological polar surface area (TPSA) is 3.24 Å². The molecule has 1 aliphatic carbocycles. The van der Waals surface area contributed by atoms with Gasteiger partial charge in [-0.3, -0.25) is 0 Å². The van der Waals surface area contributed by atoms with Crippen LogP contribution in [-0.2, 0) is 6.42 Å². The second kappa shape index (κ2) is 11.9. The van der Waals surface area contributed by atoms with E-state index in [4.69, 9.17) is 0 Å². The first-order chi connectivity index (χ1) is 24.8. The van der Waals surface area contributed by atoms with E-state index in [1.54, 1.807) is 0 Å². The summed E-state index contributed by atoms with van der Waals surface area (Å²) in [6.45, 7) is 0. The van der Waals surface area contributed by atoms with Gasteiger partial charge in [-0.05, 0) is 127 Å². The maximum atomic E-state index is 2.43. The second-order valence-electron chi connectivity index (χ2n) is 13.2. The van der Waals surface area contributed by atoms with E-state index in [-0.39, 0.29) is 0 Å². The molecule has 10 rings (SSSR count). The highest BCUT2D eigenvalue weighted by Crippen LogP contribution is 2.43. The van der Waals surface area contributed by atoms with Crippen LogP contribution < -0.4 is 4.90 Å². The molecule has 0 unspecified atom stereocenters. The monoisotopic (exact) mass is 655 g/mol. The molecule has 1 heterocycles. The first kappa shape index (κ1) is 29.0. The number of anilines is 3. The Morgan fingerprint density at radius 2 is 0.900 bits per heavy atom. The maximum Gasteiger partial charge on any atom is 0.0462 e. The molecule has 50 heavy (non-hydrogen) atoms. The third-order valence-electron chi connectivity index (χ3n) is 10.3. The van der Waals surface area contributed by atoms with E-state index in [2.05, 4.69) is 181 Å². The Kier molecular flexibility index (Phi) is 6.89. The van der Waals surface area contributed by atoms with E-state index in [9.17, 15) is 0 Å². The molecule has 2 heteroatoms. The highest BCUT2D eigenvalue weighted by Gasteiger charge is 2.20. The fourth-order valence-corrected chi connectivity index (χ4v) is 9.29. The molecule has 0 bridgehead atoms. The second-order valence-corrected chi connectivity index (χ2v) is 14.2. The molecule has 1 aliphatic rings. The summed E-state index contributed by atoms with van der Waals surface area (Å²) in [6, 6.07) is 62.2. The number of allylic oxidation sites excluding steroid dienone is 1. The zero-order valence-corrected chi connectivity index (χ0v) is 28.3. The number of para-hydroxylation sites is 1. The molecular weight excluding hydrogens is 623 g/mol. The van der Waals surface area contributed by atoms with Gasteiger partial charge in [-0.2, -0.15) is 0 Å². The van der Waals surface area contributed by atoms with Gasteiger partial charge in [0.15, 0.2) is 0 Å². The van der Waals surface area contributed by atoms with Crippen molar-refractivity contribution in [2.24, 2.45) is 0 Å². The predicted octanol–water partition coefficient (Wildman–Crippen LogP) is 13.9. The maximum absolute atomic E-state index is 2.43. The van der Waals surface area contributed by atoms with E-state index in [1.165, 1.54) is 75.1 Å². The van der Waals surface area contributed by atoms with Crippen LogP contribution in [-0.4, -0.2) is 0 Å². The van der Waals surface area contributed by atoms with Crippen molar-refractivity contribution in [2.75, 3.05) is 4.90 Å². The summed E-state index contributed by atoms with van der Waals surface area (Å²) in [5.74, 6) is 0. The van der Waals surface area contributed by atoms with Crippen LogP contribution in [0.4, 0.5) is 17.1 Å². The molecule has 0 aliphatic heterocycles. The lowest BCUT2D eigenvalue weighted by Crippen LogP contribution is -2.09. The van der Waals surface area contributed by atoms with Crippen molar-refractivity contribution in [1.82, 2.24) is 0 Å². The third kappa shape index (κ3) is 4.75. The minimum Gasteiger partial charge on any atom is -0.311 e. The molecule has 1 nitrogen and oxygen atoms in total. The molecule has 236 valence electrons. The molecule has 0 radical (unpaired) electrons. The zero-order chi connectivity index (χ0) is 33.0. The molecule has 0 atom stereocenters. The first-order valence-corrected chi connectivity index (χ1v) is 18.2. The Morgan fingerprint density at radius 3 is 1.56 bits per heavy atom. The largest absolute Gasteiger partial charge is 0.311 e. The first-order valence-electron chi connectivity index (χ1n) is 17.4. The summed E-state index contributed by atoms with van der Waals surface area (Å²) in [4.78, 5) is 3.78. The summed E-state index contributed by atoms with van der Waals surface area (Å²) >= 11 is 1.93. The highest BCUT2D eigenvalue weighted by atomic mass is 32.1. The number of hydrogen-bond donors (Lipinski definition) is 0. The smallest absolute Gasteiger partial charge is 0.0462 e. The van der Waals surface area contributed by atoms with E-state index in [1.807, 2.05) is 11.3 Å². The number of fused-ring (bicyclic) bond motifs is 9. The molecule has 0 amide bonds. The number of nitrogens with zero attached hydrogens (tertiary/aromatic N) is 1. The number of rotatable bonds is 5. The van der Waals surface area contributed by atoms with Crippen molar-refractivity contribution in [3.8, 4) is 11.1 Å². The molecule has 0 fully saturated rings. The molecule has 0 N–H and O–H groups in total. The van der Waals surface area contributed by atoms with Crippen LogP contribution in [0.15, 0.2) is 176 Å². The number of thiophene rings is 1. The Morgan fingerprint density at radius 1 is 0.400 bits per heavy atom. The lowest BCUT2D eigenvalue weighted by atomic mass is 9.91.